The maximum Gasteiger partial charge on any atom is 0.176 e. The molecule has 1 aromatic carbocycles. The molecule has 0 aliphatic carbocycles. The molecule has 5 heteroatoms. The lowest BCUT2D eigenvalue weighted by Gasteiger charge is -2.06. The molecule has 1 unspecified atom stereocenters. The minimum absolute atomic E-state index is 0.0174. The number of ketones is 1. The molecule has 1 rings (SSSR count). The highest BCUT2D eigenvalue weighted by molar-refractivity contribution is 9.10. The Morgan fingerprint density at radius 3 is 2.73 bits per heavy atom. The van der Waals surface area contributed by atoms with Crippen LogP contribution in [-0.4, -0.2) is 17.2 Å². The smallest absolute Gasteiger partial charge is 0.176 e. The second-order valence-electron chi connectivity index (χ2n) is 2.94. The first-order valence-corrected chi connectivity index (χ1v) is 5.41. The third-order valence-electron chi connectivity index (χ3n) is 1.89. The molecule has 0 fully saturated rings. The van der Waals surface area contributed by atoms with E-state index >= 15 is 0 Å². The Labute approximate surface area is 96.1 Å². The summed E-state index contributed by atoms with van der Waals surface area (Å²) >= 11 is 3.28. The third kappa shape index (κ3) is 3.73. The number of hydrogen-bond acceptors (Lipinski definition) is 2. The van der Waals surface area contributed by atoms with Gasteiger partial charge < -0.3 is 0 Å². The molecule has 0 spiro atoms. The van der Waals surface area contributed by atoms with Crippen LogP contribution < -0.4 is 0 Å². The first-order chi connectivity index (χ1) is 7.25. The quantitative estimate of drug-likeness (QED) is 0.265. The molecule has 1 atom stereocenters. The van der Waals surface area contributed by atoms with Crippen molar-refractivity contribution in [3.63, 3.8) is 0 Å². The van der Waals surface area contributed by atoms with Gasteiger partial charge in [-0.15, -0.1) is 0 Å². The van der Waals surface area contributed by atoms with Gasteiger partial charge in [0.15, 0.2) is 5.78 Å². The first-order valence-electron chi connectivity index (χ1n) is 4.50. The van der Waals surface area contributed by atoms with Gasteiger partial charge in [0.1, 0.15) is 0 Å². The minimum Gasteiger partial charge on any atom is -0.293 e. The molecule has 78 valence electrons. The van der Waals surface area contributed by atoms with Gasteiger partial charge in [0.05, 0.1) is 4.83 Å². The maximum atomic E-state index is 11.8. The SMILES string of the molecule is [N-]=[N+]=NCCC(Br)C(=O)c1ccccc1. The molecule has 0 N–H and O–H groups in total. The summed E-state index contributed by atoms with van der Waals surface area (Å²) in [6, 6.07) is 9.04. The lowest BCUT2D eigenvalue weighted by molar-refractivity contribution is 0.0989. The zero-order valence-corrected chi connectivity index (χ0v) is 9.59. The van der Waals surface area contributed by atoms with E-state index in [-0.39, 0.29) is 10.6 Å². The molecule has 0 heterocycles. The highest BCUT2D eigenvalue weighted by Gasteiger charge is 2.15. The number of benzene rings is 1. The molecule has 4 nitrogen and oxygen atoms in total. The summed E-state index contributed by atoms with van der Waals surface area (Å²) in [5.41, 5.74) is 8.76. The molecule has 1 aromatic rings. The van der Waals surface area contributed by atoms with Crippen molar-refractivity contribution >= 4 is 21.7 Å². The summed E-state index contributed by atoms with van der Waals surface area (Å²) in [4.78, 5) is 14.1. The van der Waals surface area contributed by atoms with E-state index in [9.17, 15) is 4.79 Å². The zero-order valence-electron chi connectivity index (χ0n) is 8.01. The number of azide groups is 1. The van der Waals surface area contributed by atoms with Gasteiger partial charge in [-0.05, 0) is 12.0 Å². The van der Waals surface area contributed by atoms with Crippen molar-refractivity contribution in [2.45, 2.75) is 11.2 Å². The Hall–Kier alpha value is -1.32. The number of halogens is 1. The fourth-order valence-electron chi connectivity index (χ4n) is 1.13. The van der Waals surface area contributed by atoms with E-state index in [2.05, 4.69) is 26.0 Å². The van der Waals surface area contributed by atoms with Crippen LogP contribution in [-0.2, 0) is 0 Å². The van der Waals surface area contributed by atoms with Gasteiger partial charge in [-0.2, -0.15) is 0 Å². The van der Waals surface area contributed by atoms with Crippen LogP contribution in [0.3, 0.4) is 0 Å². The van der Waals surface area contributed by atoms with E-state index in [1.165, 1.54) is 0 Å². The minimum atomic E-state index is -0.287. The molecule has 0 saturated heterocycles. The summed E-state index contributed by atoms with van der Waals surface area (Å²) in [6.07, 6.45) is 0.512. The fourth-order valence-corrected chi connectivity index (χ4v) is 1.60. The second kappa shape index (κ2) is 6.22. The molecule has 0 aromatic heterocycles. The van der Waals surface area contributed by atoms with Gasteiger partial charge in [0, 0.05) is 17.0 Å². The molecular weight excluding hydrogens is 258 g/mol. The summed E-state index contributed by atoms with van der Waals surface area (Å²) < 4.78 is 0. The molecule has 0 radical (unpaired) electrons. The zero-order chi connectivity index (χ0) is 11.1. The van der Waals surface area contributed by atoms with Crippen molar-refractivity contribution in [1.29, 1.82) is 0 Å². The molecule has 0 aliphatic heterocycles. The molecule has 15 heavy (non-hydrogen) atoms. The van der Waals surface area contributed by atoms with Gasteiger partial charge in [0.25, 0.3) is 0 Å². The Kier molecular flexibility index (Phi) is 4.87. The monoisotopic (exact) mass is 267 g/mol. The van der Waals surface area contributed by atoms with Crippen LogP contribution >= 0.6 is 15.9 Å². The summed E-state index contributed by atoms with van der Waals surface area (Å²) in [5, 5.41) is 3.39. The first kappa shape index (κ1) is 11.8. The number of carbonyl (C=O) groups excluding carboxylic acids is 1. The van der Waals surface area contributed by atoms with Crippen LogP contribution in [0.1, 0.15) is 16.8 Å². The van der Waals surface area contributed by atoms with Gasteiger partial charge >= 0.3 is 0 Å². The standard InChI is InChI=1S/C10H10BrN3O/c11-9(6-7-13-14-12)10(15)8-4-2-1-3-5-8/h1-5,9H,6-7H2. The number of nitrogens with zero attached hydrogens (tertiary/aromatic N) is 3. The molecule has 0 aliphatic rings. The van der Waals surface area contributed by atoms with Crippen molar-refractivity contribution in [3.05, 3.63) is 46.3 Å². The van der Waals surface area contributed by atoms with E-state index in [1.807, 2.05) is 18.2 Å². The fraction of sp³-hybridized carbons (Fsp3) is 0.300. The van der Waals surface area contributed by atoms with Crippen LogP contribution in [0.15, 0.2) is 35.4 Å². The van der Waals surface area contributed by atoms with Gasteiger partial charge in [-0.3, -0.25) is 4.79 Å². The van der Waals surface area contributed by atoms with Crippen molar-refractivity contribution in [1.82, 2.24) is 0 Å². The summed E-state index contributed by atoms with van der Waals surface area (Å²) in [6.45, 7) is 0.324. The van der Waals surface area contributed by atoms with E-state index in [1.54, 1.807) is 12.1 Å². The predicted octanol–water partition coefficient (Wildman–Crippen LogP) is 3.33. The van der Waals surface area contributed by atoms with Crippen molar-refractivity contribution in [2.24, 2.45) is 5.11 Å². The summed E-state index contributed by atoms with van der Waals surface area (Å²) in [7, 11) is 0. The van der Waals surface area contributed by atoms with Gasteiger partial charge in [-0.1, -0.05) is 51.4 Å². The highest BCUT2D eigenvalue weighted by Crippen LogP contribution is 2.13. The maximum absolute atomic E-state index is 11.8. The van der Waals surface area contributed by atoms with Gasteiger partial charge in [0.2, 0.25) is 0 Å². The molecular formula is C10H10BrN3O. The van der Waals surface area contributed by atoms with Crippen molar-refractivity contribution in [3.8, 4) is 0 Å². The number of carbonyl (C=O) groups is 1. The highest BCUT2D eigenvalue weighted by atomic mass is 79.9. The largest absolute Gasteiger partial charge is 0.293 e. The number of hydrogen-bond donors (Lipinski definition) is 0. The van der Waals surface area contributed by atoms with E-state index < -0.39 is 0 Å². The lowest BCUT2D eigenvalue weighted by Crippen LogP contribution is -2.14. The van der Waals surface area contributed by atoms with Crippen LogP contribution in [0, 0.1) is 0 Å². The van der Waals surface area contributed by atoms with Crippen LogP contribution in [0.4, 0.5) is 0 Å². The average Bonchev–Trinajstić information content (AvgIpc) is 2.29. The van der Waals surface area contributed by atoms with Crippen LogP contribution in [0.5, 0.6) is 0 Å². The third-order valence-corrected chi connectivity index (χ3v) is 2.76. The van der Waals surface area contributed by atoms with E-state index in [4.69, 9.17) is 5.53 Å². The Morgan fingerprint density at radius 2 is 2.13 bits per heavy atom. The topological polar surface area (TPSA) is 65.8 Å². The average molecular weight is 268 g/mol. The second-order valence-corrected chi connectivity index (χ2v) is 4.05. The van der Waals surface area contributed by atoms with Crippen molar-refractivity contribution in [2.75, 3.05) is 6.54 Å². The molecule has 0 amide bonds. The van der Waals surface area contributed by atoms with E-state index in [0.717, 1.165) is 0 Å². The van der Waals surface area contributed by atoms with E-state index in [0.29, 0.717) is 18.5 Å². The number of alkyl halides is 1. The normalized spacial score (nSPS) is 11.5. The Balaban J connectivity index is 2.57. The van der Waals surface area contributed by atoms with Crippen LogP contribution in [0.2, 0.25) is 0 Å². The van der Waals surface area contributed by atoms with Crippen molar-refractivity contribution < 1.29 is 4.79 Å². The van der Waals surface area contributed by atoms with Gasteiger partial charge in [-0.25, -0.2) is 0 Å². The Bertz CT molecular complexity index is 374. The molecule has 0 bridgehead atoms. The number of rotatable bonds is 5. The molecule has 0 saturated carbocycles. The summed E-state index contributed by atoms with van der Waals surface area (Å²) in [5.74, 6) is 0.0174. The Morgan fingerprint density at radius 1 is 1.47 bits per heavy atom. The number of Topliss-reactive ketones (excluding diaryl/α,β-unsaturated/α-hetero) is 1. The lowest BCUT2D eigenvalue weighted by atomic mass is 10.1. The van der Waals surface area contributed by atoms with Crippen LogP contribution in [0.25, 0.3) is 10.4 Å². The predicted molar refractivity (Wildman–Crippen MR) is 62.1 cm³/mol.